The Labute approximate surface area is 89.8 Å². The molecule has 0 radical (unpaired) electrons. The van der Waals surface area contributed by atoms with Gasteiger partial charge in [-0.15, -0.1) is 0 Å². The summed E-state index contributed by atoms with van der Waals surface area (Å²) in [4.78, 5) is 0. The van der Waals surface area contributed by atoms with Crippen molar-refractivity contribution < 1.29 is 0 Å². The van der Waals surface area contributed by atoms with Gasteiger partial charge in [-0.3, -0.25) is 0 Å². The Morgan fingerprint density at radius 3 is 1.93 bits per heavy atom. The minimum atomic E-state index is 0.495. The van der Waals surface area contributed by atoms with Crippen molar-refractivity contribution in [1.29, 1.82) is 5.41 Å². The van der Waals surface area contributed by atoms with E-state index in [-0.39, 0.29) is 0 Å². The molecule has 84 valence electrons. The summed E-state index contributed by atoms with van der Waals surface area (Å²) >= 11 is 0. The van der Waals surface area contributed by atoms with Gasteiger partial charge in [-0.1, -0.05) is 65.2 Å². The van der Waals surface area contributed by atoms with Gasteiger partial charge in [-0.05, 0) is 18.6 Å². The molecule has 0 saturated heterocycles. The summed E-state index contributed by atoms with van der Waals surface area (Å²) in [6, 6.07) is 0. The molecule has 0 aromatic heterocycles. The van der Waals surface area contributed by atoms with Gasteiger partial charge in [0.1, 0.15) is 0 Å². The predicted molar refractivity (Wildman–Crippen MR) is 65.2 cm³/mol. The summed E-state index contributed by atoms with van der Waals surface area (Å²) in [6.45, 7) is 4.40. The van der Waals surface area contributed by atoms with Crippen molar-refractivity contribution in [1.82, 2.24) is 0 Å². The maximum atomic E-state index is 7.08. The maximum absolute atomic E-state index is 7.08. The van der Waals surface area contributed by atoms with Crippen molar-refractivity contribution in [2.75, 3.05) is 0 Å². The van der Waals surface area contributed by atoms with Gasteiger partial charge in [-0.25, -0.2) is 0 Å². The molecule has 0 aliphatic heterocycles. The van der Waals surface area contributed by atoms with E-state index >= 15 is 0 Å². The van der Waals surface area contributed by atoms with Crippen LogP contribution in [0.1, 0.15) is 71.6 Å². The predicted octanol–water partition coefficient (Wildman–Crippen LogP) is 4.80. The monoisotopic (exact) mass is 197 g/mol. The van der Waals surface area contributed by atoms with Gasteiger partial charge in [0.05, 0.1) is 0 Å². The third-order valence-electron chi connectivity index (χ3n) is 2.80. The lowest BCUT2D eigenvalue weighted by Crippen LogP contribution is -1.94. The number of hydrogen-bond acceptors (Lipinski definition) is 1. The Morgan fingerprint density at radius 1 is 0.929 bits per heavy atom. The van der Waals surface area contributed by atoms with E-state index in [1.165, 1.54) is 57.8 Å². The molecule has 0 fully saturated rings. The fourth-order valence-electron chi connectivity index (χ4n) is 1.68. The average Bonchev–Trinajstić information content (AvgIpc) is 2.21. The van der Waals surface area contributed by atoms with Gasteiger partial charge in [0.2, 0.25) is 0 Å². The Morgan fingerprint density at radius 2 is 1.43 bits per heavy atom. The molecule has 0 bridgehead atoms. The zero-order valence-electron chi connectivity index (χ0n) is 10.0. The Balaban J connectivity index is 2.95. The van der Waals surface area contributed by atoms with Crippen LogP contribution in [0.4, 0.5) is 0 Å². The Hall–Kier alpha value is -0.330. The number of rotatable bonds is 10. The standard InChI is InChI=1S/C13H27N/c1-3-4-5-6-7-8-9-10-11-13(2)12-14/h12-14H,3-11H2,1-2H3. The topological polar surface area (TPSA) is 23.9 Å². The molecule has 0 saturated carbocycles. The Kier molecular flexibility index (Phi) is 10.5. The van der Waals surface area contributed by atoms with Crippen LogP contribution < -0.4 is 0 Å². The largest absolute Gasteiger partial charge is 0.313 e. The summed E-state index contributed by atoms with van der Waals surface area (Å²) in [5.41, 5.74) is 0. The molecule has 0 aliphatic carbocycles. The highest BCUT2D eigenvalue weighted by molar-refractivity contribution is 5.55. The normalized spacial score (nSPS) is 12.7. The molecule has 0 amide bonds. The van der Waals surface area contributed by atoms with Gasteiger partial charge < -0.3 is 5.41 Å². The second-order valence-electron chi connectivity index (χ2n) is 4.41. The van der Waals surface area contributed by atoms with Gasteiger partial charge >= 0.3 is 0 Å². The van der Waals surface area contributed by atoms with Crippen LogP contribution >= 0.6 is 0 Å². The summed E-state index contributed by atoms with van der Waals surface area (Å²) in [6.07, 6.45) is 13.9. The molecule has 1 atom stereocenters. The average molecular weight is 197 g/mol. The number of unbranched alkanes of at least 4 members (excludes halogenated alkanes) is 7. The van der Waals surface area contributed by atoms with Gasteiger partial charge in [0.15, 0.2) is 0 Å². The van der Waals surface area contributed by atoms with E-state index in [2.05, 4.69) is 13.8 Å². The lowest BCUT2D eigenvalue weighted by Gasteiger charge is -2.04. The third kappa shape index (κ3) is 9.76. The summed E-state index contributed by atoms with van der Waals surface area (Å²) < 4.78 is 0. The third-order valence-corrected chi connectivity index (χ3v) is 2.80. The molecule has 0 rings (SSSR count). The molecular formula is C13H27N. The van der Waals surface area contributed by atoms with Crippen LogP contribution in [0.3, 0.4) is 0 Å². The molecule has 0 aromatic carbocycles. The van der Waals surface area contributed by atoms with E-state index in [0.29, 0.717) is 5.92 Å². The zero-order chi connectivity index (χ0) is 10.6. The molecule has 0 heterocycles. The molecule has 0 aromatic rings. The van der Waals surface area contributed by atoms with Crippen molar-refractivity contribution in [3.8, 4) is 0 Å². The minimum absolute atomic E-state index is 0.495. The van der Waals surface area contributed by atoms with Crippen LogP contribution in [0.5, 0.6) is 0 Å². The van der Waals surface area contributed by atoms with Crippen molar-refractivity contribution in [3.63, 3.8) is 0 Å². The number of nitrogens with one attached hydrogen (secondary N) is 1. The van der Waals surface area contributed by atoms with E-state index in [1.54, 1.807) is 6.21 Å². The van der Waals surface area contributed by atoms with Crippen LogP contribution in [-0.2, 0) is 0 Å². The molecule has 1 unspecified atom stereocenters. The molecule has 0 spiro atoms. The SMILES string of the molecule is CCCCCCCCCCC(C)C=N. The minimum Gasteiger partial charge on any atom is -0.313 e. The van der Waals surface area contributed by atoms with Crippen LogP contribution in [0, 0.1) is 11.3 Å². The summed E-state index contributed by atoms with van der Waals surface area (Å²) in [5, 5.41) is 7.08. The highest BCUT2D eigenvalue weighted by Crippen LogP contribution is 2.11. The van der Waals surface area contributed by atoms with E-state index < -0.39 is 0 Å². The van der Waals surface area contributed by atoms with E-state index in [9.17, 15) is 0 Å². The summed E-state index contributed by atoms with van der Waals surface area (Å²) in [7, 11) is 0. The number of hydrogen-bond donors (Lipinski definition) is 1. The second kappa shape index (κ2) is 10.7. The fourth-order valence-corrected chi connectivity index (χ4v) is 1.68. The molecule has 1 nitrogen and oxygen atoms in total. The molecule has 0 aliphatic rings. The van der Waals surface area contributed by atoms with Crippen molar-refractivity contribution in [2.45, 2.75) is 71.6 Å². The van der Waals surface area contributed by atoms with Crippen LogP contribution in [-0.4, -0.2) is 6.21 Å². The first-order valence-corrected chi connectivity index (χ1v) is 6.31. The molecular weight excluding hydrogens is 170 g/mol. The quantitative estimate of drug-likeness (QED) is 0.384. The highest BCUT2D eigenvalue weighted by Gasteiger charge is 1.96. The maximum Gasteiger partial charge on any atom is -0.00195 e. The Bertz CT molecular complexity index is 120. The van der Waals surface area contributed by atoms with Gasteiger partial charge in [-0.2, -0.15) is 0 Å². The van der Waals surface area contributed by atoms with Crippen molar-refractivity contribution >= 4 is 6.21 Å². The first kappa shape index (κ1) is 13.7. The second-order valence-corrected chi connectivity index (χ2v) is 4.41. The van der Waals surface area contributed by atoms with E-state index in [0.717, 1.165) is 0 Å². The summed E-state index contributed by atoms with van der Waals surface area (Å²) in [5.74, 6) is 0.495. The van der Waals surface area contributed by atoms with Crippen LogP contribution in [0.25, 0.3) is 0 Å². The van der Waals surface area contributed by atoms with E-state index in [4.69, 9.17) is 5.41 Å². The van der Waals surface area contributed by atoms with Gasteiger partial charge in [0.25, 0.3) is 0 Å². The molecule has 1 N–H and O–H groups in total. The zero-order valence-corrected chi connectivity index (χ0v) is 10.0. The van der Waals surface area contributed by atoms with Crippen molar-refractivity contribution in [2.24, 2.45) is 5.92 Å². The molecule has 1 heteroatoms. The first-order valence-electron chi connectivity index (χ1n) is 6.31. The van der Waals surface area contributed by atoms with Crippen LogP contribution in [0.15, 0.2) is 0 Å². The lowest BCUT2D eigenvalue weighted by atomic mass is 10.0. The lowest BCUT2D eigenvalue weighted by molar-refractivity contribution is 0.545. The smallest absolute Gasteiger partial charge is 0.00195 e. The van der Waals surface area contributed by atoms with Crippen LogP contribution in [0.2, 0.25) is 0 Å². The van der Waals surface area contributed by atoms with Crippen molar-refractivity contribution in [3.05, 3.63) is 0 Å². The fraction of sp³-hybridized carbons (Fsp3) is 0.923. The highest BCUT2D eigenvalue weighted by atomic mass is 14.3. The molecule has 14 heavy (non-hydrogen) atoms. The van der Waals surface area contributed by atoms with Gasteiger partial charge in [0, 0.05) is 0 Å². The van der Waals surface area contributed by atoms with E-state index in [1.807, 2.05) is 0 Å². The first-order chi connectivity index (χ1) is 6.81.